The largest absolute Gasteiger partial charge is 0.478 e. The topological polar surface area (TPSA) is 86.7 Å². The fourth-order valence-corrected chi connectivity index (χ4v) is 4.82. The fraction of sp³-hybridized carbons (Fsp3) is 0.435. The second-order valence-electron chi connectivity index (χ2n) is 8.55. The van der Waals surface area contributed by atoms with Crippen LogP contribution in [0.15, 0.2) is 47.4 Å². The molecule has 1 saturated heterocycles. The van der Waals surface area contributed by atoms with E-state index >= 15 is 0 Å². The minimum atomic E-state index is -3.89. The summed E-state index contributed by atoms with van der Waals surface area (Å²) in [6.45, 7) is 8.16. The van der Waals surface area contributed by atoms with Gasteiger partial charge in [0.15, 0.2) is 0 Å². The van der Waals surface area contributed by atoms with Gasteiger partial charge in [-0.2, -0.15) is 0 Å². The van der Waals surface area contributed by atoms with E-state index in [2.05, 4.69) is 30.4 Å². The number of aromatic carboxylic acids is 1. The van der Waals surface area contributed by atoms with E-state index in [1.54, 1.807) is 42.5 Å². The van der Waals surface area contributed by atoms with Crippen LogP contribution < -0.4 is 9.62 Å². The van der Waals surface area contributed by atoms with Gasteiger partial charge in [0.2, 0.25) is 0 Å². The standard InChI is InChI=1S/C23H30N2O4S/c1-16(2)14-18-4-7-20(8-5-18)30(28,29)24-22-9-6-19(15-21(22)23(26)27)25-12-10-17(3)11-13-25/h4-9,15-17,24H,10-14H2,1-3H3,(H,26,27). The van der Waals surface area contributed by atoms with Crippen molar-refractivity contribution >= 4 is 27.4 Å². The number of carboxylic acid groups (broad SMARTS) is 1. The second-order valence-corrected chi connectivity index (χ2v) is 10.2. The lowest BCUT2D eigenvalue weighted by molar-refractivity contribution is 0.0698. The number of rotatable bonds is 7. The van der Waals surface area contributed by atoms with E-state index in [9.17, 15) is 18.3 Å². The maximum Gasteiger partial charge on any atom is 0.337 e. The molecule has 0 bridgehead atoms. The van der Waals surface area contributed by atoms with Crippen LogP contribution in [0.2, 0.25) is 0 Å². The molecule has 0 saturated carbocycles. The molecule has 30 heavy (non-hydrogen) atoms. The first-order valence-electron chi connectivity index (χ1n) is 10.4. The van der Waals surface area contributed by atoms with Crippen molar-refractivity contribution in [2.45, 2.75) is 44.9 Å². The van der Waals surface area contributed by atoms with Gasteiger partial charge >= 0.3 is 5.97 Å². The molecule has 6 nitrogen and oxygen atoms in total. The highest BCUT2D eigenvalue weighted by molar-refractivity contribution is 7.92. The van der Waals surface area contributed by atoms with E-state index in [0.717, 1.165) is 43.6 Å². The molecule has 2 aromatic rings. The highest BCUT2D eigenvalue weighted by Crippen LogP contribution is 2.29. The molecule has 7 heteroatoms. The van der Waals surface area contributed by atoms with E-state index in [0.29, 0.717) is 11.8 Å². The van der Waals surface area contributed by atoms with Crippen molar-refractivity contribution in [3.8, 4) is 0 Å². The molecule has 0 unspecified atom stereocenters. The van der Waals surface area contributed by atoms with Gasteiger partial charge in [-0.15, -0.1) is 0 Å². The average Bonchev–Trinajstić information content (AvgIpc) is 2.68. The minimum absolute atomic E-state index is 0.0499. The van der Waals surface area contributed by atoms with Crippen LogP contribution in [0, 0.1) is 11.8 Å². The first kappa shape index (κ1) is 22.2. The molecular formula is C23H30N2O4S. The van der Waals surface area contributed by atoms with Gasteiger partial charge in [-0.3, -0.25) is 4.72 Å². The number of hydrogen-bond donors (Lipinski definition) is 2. The summed E-state index contributed by atoms with van der Waals surface area (Å²) in [5.74, 6) is -0.0178. The van der Waals surface area contributed by atoms with Crippen LogP contribution in [0.5, 0.6) is 0 Å². The lowest BCUT2D eigenvalue weighted by atomic mass is 9.98. The van der Waals surface area contributed by atoms with Crippen molar-refractivity contribution in [2.24, 2.45) is 11.8 Å². The number of benzene rings is 2. The Bertz CT molecular complexity index is 992. The number of carbonyl (C=O) groups is 1. The van der Waals surface area contributed by atoms with Crippen LogP contribution >= 0.6 is 0 Å². The first-order valence-corrected chi connectivity index (χ1v) is 11.9. The summed E-state index contributed by atoms with van der Waals surface area (Å²) in [5.41, 5.74) is 1.89. The average molecular weight is 431 g/mol. The highest BCUT2D eigenvalue weighted by Gasteiger charge is 2.22. The molecule has 162 valence electrons. The summed E-state index contributed by atoms with van der Waals surface area (Å²) in [6.07, 6.45) is 2.99. The SMILES string of the molecule is CC(C)Cc1ccc(S(=O)(=O)Nc2ccc(N3CCC(C)CC3)cc2C(=O)O)cc1. The van der Waals surface area contributed by atoms with Gasteiger partial charge < -0.3 is 10.0 Å². The van der Waals surface area contributed by atoms with Gasteiger partial charge in [-0.25, -0.2) is 13.2 Å². The Morgan fingerprint density at radius 1 is 1.13 bits per heavy atom. The Hall–Kier alpha value is -2.54. The number of piperidine rings is 1. The Kier molecular flexibility index (Phi) is 6.71. The molecule has 2 N–H and O–H groups in total. The van der Waals surface area contributed by atoms with Gasteiger partial charge in [0.25, 0.3) is 10.0 Å². The Morgan fingerprint density at radius 2 is 1.77 bits per heavy atom. The molecule has 1 aliphatic heterocycles. The molecule has 0 radical (unpaired) electrons. The number of nitrogens with zero attached hydrogens (tertiary/aromatic N) is 1. The zero-order valence-electron chi connectivity index (χ0n) is 17.8. The normalized spacial score (nSPS) is 15.4. The van der Waals surface area contributed by atoms with E-state index in [1.807, 2.05) is 0 Å². The van der Waals surface area contributed by atoms with E-state index in [4.69, 9.17) is 0 Å². The van der Waals surface area contributed by atoms with E-state index in [1.165, 1.54) is 0 Å². The molecule has 0 atom stereocenters. The summed E-state index contributed by atoms with van der Waals surface area (Å²) >= 11 is 0. The highest BCUT2D eigenvalue weighted by atomic mass is 32.2. The third-order valence-corrected chi connectivity index (χ3v) is 6.89. The van der Waals surface area contributed by atoms with Crippen LogP contribution in [0.1, 0.15) is 49.5 Å². The van der Waals surface area contributed by atoms with E-state index < -0.39 is 16.0 Å². The monoisotopic (exact) mass is 430 g/mol. The predicted molar refractivity (Wildman–Crippen MR) is 120 cm³/mol. The maximum absolute atomic E-state index is 12.8. The Labute approximate surface area is 179 Å². The summed E-state index contributed by atoms with van der Waals surface area (Å²) in [7, 11) is -3.89. The van der Waals surface area contributed by atoms with Gasteiger partial charge in [0.1, 0.15) is 0 Å². The van der Waals surface area contributed by atoms with Crippen LogP contribution in [-0.4, -0.2) is 32.6 Å². The van der Waals surface area contributed by atoms with Gasteiger partial charge in [0, 0.05) is 18.8 Å². The lowest BCUT2D eigenvalue weighted by Crippen LogP contribution is -2.32. The van der Waals surface area contributed by atoms with Crippen molar-refractivity contribution in [3.05, 3.63) is 53.6 Å². The zero-order chi connectivity index (χ0) is 21.9. The predicted octanol–water partition coefficient (Wildman–Crippen LogP) is 4.62. The molecule has 0 aliphatic carbocycles. The van der Waals surface area contributed by atoms with Gasteiger partial charge in [-0.05, 0) is 67.0 Å². The van der Waals surface area contributed by atoms with Crippen molar-refractivity contribution in [1.29, 1.82) is 0 Å². The second kappa shape index (κ2) is 9.08. The number of anilines is 2. The van der Waals surface area contributed by atoms with Crippen molar-refractivity contribution in [2.75, 3.05) is 22.7 Å². The van der Waals surface area contributed by atoms with Crippen LogP contribution in [0.25, 0.3) is 0 Å². The molecule has 2 aromatic carbocycles. The van der Waals surface area contributed by atoms with Crippen molar-refractivity contribution in [3.63, 3.8) is 0 Å². The summed E-state index contributed by atoms with van der Waals surface area (Å²) in [6, 6.07) is 11.6. The summed E-state index contributed by atoms with van der Waals surface area (Å²) in [4.78, 5) is 14.1. The number of sulfonamides is 1. The molecule has 1 fully saturated rings. The Balaban J connectivity index is 1.83. The summed E-state index contributed by atoms with van der Waals surface area (Å²) in [5, 5.41) is 9.66. The van der Waals surface area contributed by atoms with E-state index in [-0.39, 0.29) is 16.1 Å². The number of nitrogens with one attached hydrogen (secondary N) is 1. The maximum atomic E-state index is 12.8. The third kappa shape index (κ3) is 5.33. The molecule has 1 aliphatic rings. The molecule has 0 spiro atoms. The molecule has 1 heterocycles. The number of hydrogen-bond acceptors (Lipinski definition) is 4. The smallest absolute Gasteiger partial charge is 0.337 e. The van der Waals surface area contributed by atoms with Crippen LogP contribution in [-0.2, 0) is 16.4 Å². The Morgan fingerprint density at radius 3 is 2.33 bits per heavy atom. The minimum Gasteiger partial charge on any atom is -0.478 e. The fourth-order valence-electron chi connectivity index (χ4n) is 3.74. The molecule has 0 amide bonds. The summed E-state index contributed by atoms with van der Waals surface area (Å²) < 4.78 is 28.1. The van der Waals surface area contributed by atoms with Crippen molar-refractivity contribution < 1.29 is 18.3 Å². The van der Waals surface area contributed by atoms with Gasteiger partial charge in [-0.1, -0.05) is 32.9 Å². The lowest BCUT2D eigenvalue weighted by Gasteiger charge is -2.32. The zero-order valence-corrected chi connectivity index (χ0v) is 18.6. The molecule has 3 rings (SSSR count). The van der Waals surface area contributed by atoms with Crippen LogP contribution in [0.4, 0.5) is 11.4 Å². The number of carboxylic acids is 1. The molecule has 0 aromatic heterocycles. The van der Waals surface area contributed by atoms with Crippen molar-refractivity contribution in [1.82, 2.24) is 0 Å². The third-order valence-electron chi connectivity index (χ3n) is 5.50. The molecular weight excluding hydrogens is 400 g/mol. The van der Waals surface area contributed by atoms with Crippen LogP contribution in [0.3, 0.4) is 0 Å². The first-order chi connectivity index (χ1) is 14.2. The van der Waals surface area contributed by atoms with Gasteiger partial charge in [0.05, 0.1) is 16.1 Å². The quantitative estimate of drug-likeness (QED) is 0.669.